The van der Waals surface area contributed by atoms with Crippen LogP contribution in [-0.2, 0) is 27.0 Å². The number of hydrogen-bond acceptors (Lipinski definition) is 4. The van der Waals surface area contributed by atoms with Gasteiger partial charge in [0.25, 0.3) is 0 Å². The van der Waals surface area contributed by atoms with Crippen molar-refractivity contribution >= 4 is 11.9 Å². The summed E-state index contributed by atoms with van der Waals surface area (Å²) >= 11 is 0. The summed E-state index contributed by atoms with van der Waals surface area (Å²) in [5.41, 5.74) is 4.93. The Morgan fingerprint density at radius 3 is 2.05 bits per heavy atom. The molecule has 0 saturated heterocycles. The molecule has 188 valence electrons. The van der Waals surface area contributed by atoms with E-state index < -0.39 is 16.8 Å². The lowest BCUT2D eigenvalue weighted by molar-refractivity contribution is -0.140. The molecule has 1 amide bonds. The Hall–Kier alpha value is -4.19. The fourth-order valence-electron chi connectivity index (χ4n) is 4.75. The summed E-state index contributed by atoms with van der Waals surface area (Å²) in [4.78, 5) is 24.7. The van der Waals surface area contributed by atoms with Crippen LogP contribution in [0.5, 0.6) is 0 Å². The monoisotopic (exact) mass is 494 g/mol. The maximum atomic E-state index is 13.1. The Kier molecular flexibility index (Phi) is 6.20. The van der Waals surface area contributed by atoms with E-state index in [-0.39, 0.29) is 5.91 Å². The number of carbonyl (C=O) groups excluding carboxylic acids is 1. The lowest BCUT2D eigenvalue weighted by atomic mass is 9.83. The van der Waals surface area contributed by atoms with E-state index in [1.807, 2.05) is 99.6 Å². The zero-order valence-corrected chi connectivity index (χ0v) is 21.2. The molecule has 0 bridgehead atoms. The van der Waals surface area contributed by atoms with Gasteiger partial charge in [-0.1, -0.05) is 84.0 Å². The minimum atomic E-state index is -0.748. The second kappa shape index (κ2) is 9.36. The number of carboxylic acids is 1. The zero-order valence-electron chi connectivity index (χ0n) is 21.2. The standard InChI is InChI=1S/C31H30N2O4/c1-20-26(19-32-28(34)30(2,3)24-7-5-4-6-8-24)27(37-33-20)23-11-9-21(10-12-23)22-13-15-25(16-14-22)31(17-18-31)29(35)36/h4-16H,17-19H2,1-3H3,(H,32,34)(H,35,36). The molecule has 5 rings (SSSR count). The van der Waals surface area contributed by atoms with Crippen LogP contribution in [0.1, 0.15) is 49.1 Å². The second-order valence-corrected chi connectivity index (χ2v) is 10.3. The van der Waals surface area contributed by atoms with Gasteiger partial charge in [-0.2, -0.15) is 0 Å². The fraction of sp³-hybridized carbons (Fsp3) is 0.258. The van der Waals surface area contributed by atoms with Crippen LogP contribution in [0.3, 0.4) is 0 Å². The lowest BCUT2D eigenvalue weighted by Crippen LogP contribution is -2.39. The molecule has 0 radical (unpaired) electrons. The first kappa shape index (κ1) is 24.5. The first-order valence-corrected chi connectivity index (χ1v) is 12.5. The highest BCUT2D eigenvalue weighted by Crippen LogP contribution is 2.48. The Balaban J connectivity index is 1.31. The maximum absolute atomic E-state index is 13.1. The van der Waals surface area contributed by atoms with Gasteiger partial charge in [-0.25, -0.2) is 0 Å². The Labute approximate surface area is 216 Å². The number of aliphatic carboxylic acids is 1. The van der Waals surface area contributed by atoms with Crippen molar-refractivity contribution in [3.05, 3.63) is 101 Å². The molecular weight excluding hydrogens is 464 g/mol. The zero-order chi connectivity index (χ0) is 26.2. The quantitative estimate of drug-likeness (QED) is 0.312. The van der Waals surface area contributed by atoms with Crippen LogP contribution in [0.2, 0.25) is 0 Å². The second-order valence-electron chi connectivity index (χ2n) is 10.3. The highest BCUT2D eigenvalue weighted by atomic mass is 16.5. The van der Waals surface area contributed by atoms with Gasteiger partial charge in [0.2, 0.25) is 5.91 Å². The molecule has 37 heavy (non-hydrogen) atoms. The van der Waals surface area contributed by atoms with Gasteiger partial charge in [0.1, 0.15) is 0 Å². The van der Waals surface area contributed by atoms with E-state index >= 15 is 0 Å². The van der Waals surface area contributed by atoms with Crippen LogP contribution in [-0.4, -0.2) is 22.1 Å². The summed E-state index contributed by atoms with van der Waals surface area (Å²) in [5.74, 6) is -0.183. The van der Waals surface area contributed by atoms with Gasteiger partial charge >= 0.3 is 5.97 Å². The number of aryl methyl sites for hydroxylation is 1. The van der Waals surface area contributed by atoms with Crippen molar-refractivity contribution in [1.82, 2.24) is 10.5 Å². The van der Waals surface area contributed by atoms with E-state index in [0.717, 1.165) is 39.1 Å². The van der Waals surface area contributed by atoms with Crippen LogP contribution < -0.4 is 5.32 Å². The van der Waals surface area contributed by atoms with Gasteiger partial charge in [0.15, 0.2) is 5.76 Å². The Morgan fingerprint density at radius 2 is 1.49 bits per heavy atom. The van der Waals surface area contributed by atoms with Crippen molar-refractivity contribution < 1.29 is 19.2 Å². The summed E-state index contributed by atoms with van der Waals surface area (Å²) in [6.07, 6.45) is 1.39. The smallest absolute Gasteiger partial charge is 0.314 e. The number of amides is 1. The molecule has 6 heteroatoms. The molecule has 1 heterocycles. The van der Waals surface area contributed by atoms with Crippen LogP contribution in [0.4, 0.5) is 0 Å². The molecule has 1 aliphatic rings. The average molecular weight is 495 g/mol. The summed E-state index contributed by atoms with van der Waals surface area (Å²) < 4.78 is 5.66. The number of hydrogen-bond donors (Lipinski definition) is 2. The molecule has 1 saturated carbocycles. The third-order valence-electron chi connectivity index (χ3n) is 7.55. The minimum Gasteiger partial charge on any atom is -0.481 e. The summed E-state index contributed by atoms with van der Waals surface area (Å²) in [6.45, 7) is 6.01. The number of aromatic nitrogens is 1. The number of carboxylic acid groups (broad SMARTS) is 1. The van der Waals surface area contributed by atoms with E-state index in [9.17, 15) is 14.7 Å². The molecule has 1 aromatic heterocycles. The van der Waals surface area contributed by atoms with E-state index in [1.165, 1.54) is 0 Å². The molecule has 1 aliphatic carbocycles. The van der Waals surface area contributed by atoms with Gasteiger partial charge in [-0.3, -0.25) is 9.59 Å². The van der Waals surface area contributed by atoms with Gasteiger partial charge in [0.05, 0.1) is 16.5 Å². The summed E-state index contributed by atoms with van der Waals surface area (Å²) in [6, 6.07) is 25.5. The normalized spacial score (nSPS) is 14.2. The third-order valence-corrected chi connectivity index (χ3v) is 7.55. The van der Waals surface area contributed by atoms with E-state index in [0.29, 0.717) is 25.1 Å². The highest BCUT2D eigenvalue weighted by molar-refractivity contribution is 5.87. The molecule has 0 aliphatic heterocycles. The molecule has 2 N–H and O–H groups in total. The van der Waals surface area contributed by atoms with Crippen LogP contribution >= 0.6 is 0 Å². The predicted octanol–water partition coefficient (Wildman–Crippen LogP) is 6.03. The fourth-order valence-corrected chi connectivity index (χ4v) is 4.75. The van der Waals surface area contributed by atoms with Crippen molar-refractivity contribution in [2.75, 3.05) is 0 Å². The number of benzene rings is 3. The number of rotatable bonds is 8. The van der Waals surface area contributed by atoms with Crippen molar-refractivity contribution in [3.63, 3.8) is 0 Å². The maximum Gasteiger partial charge on any atom is 0.314 e. The molecule has 0 spiro atoms. The Bertz CT molecular complexity index is 1430. The van der Waals surface area contributed by atoms with Crippen LogP contribution in [0, 0.1) is 6.92 Å². The number of nitrogens with zero attached hydrogens (tertiary/aromatic N) is 1. The molecule has 3 aromatic carbocycles. The first-order chi connectivity index (χ1) is 17.7. The van der Waals surface area contributed by atoms with E-state index in [1.54, 1.807) is 0 Å². The lowest BCUT2D eigenvalue weighted by Gasteiger charge is -2.24. The first-order valence-electron chi connectivity index (χ1n) is 12.5. The largest absolute Gasteiger partial charge is 0.481 e. The summed E-state index contributed by atoms with van der Waals surface area (Å²) in [7, 11) is 0. The molecule has 6 nitrogen and oxygen atoms in total. The summed E-state index contributed by atoms with van der Waals surface area (Å²) in [5, 5.41) is 16.7. The number of nitrogens with one attached hydrogen (secondary N) is 1. The molecule has 1 fully saturated rings. The molecule has 4 aromatic rings. The van der Waals surface area contributed by atoms with Crippen molar-refractivity contribution in [2.45, 2.75) is 51.0 Å². The van der Waals surface area contributed by atoms with Crippen molar-refractivity contribution in [2.24, 2.45) is 0 Å². The van der Waals surface area contributed by atoms with E-state index in [4.69, 9.17) is 4.52 Å². The van der Waals surface area contributed by atoms with E-state index in [2.05, 4.69) is 10.5 Å². The van der Waals surface area contributed by atoms with Crippen molar-refractivity contribution in [1.29, 1.82) is 0 Å². The molecule has 0 atom stereocenters. The molecular formula is C31H30N2O4. The van der Waals surface area contributed by atoms with Gasteiger partial charge in [-0.15, -0.1) is 0 Å². The molecule has 0 unspecified atom stereocenters. The van der Waals surface area contributed by atoms with Crippen LogP contribution in [0.15, 0.2) is 83.4 Å². The topological polar surface area (TPSA) is 92.4 Å². The average Bonchev–Trinajstić information content (AvgIpc) is 3.66. The van der Waals surface area contributed by atoms with Crippen LogP contribution in [0.25, 0.3) is 22.5 Å². The number of carbonyl (C=O) groups is 2. The third kappa shape index (κ3) is 4.55. The van der Waals surface area contributed by atoms with Gasteiger partial charge in [0, 0.05) is 17.7 Å². The van der Waals surface area contributed by atoms with Gasteiger partial charge in [-0.05, 0) is 55.9 Å². The predicted molar refractivity (Wildman–Crippen MR) is 142 cm³/mol. The van der Waals surface area contributed by atoms with Gasteiger partial charge < -0.3 is 14.9 Å². The highest BCUT2D eigenvalue weighted by Gasteiger charge is 2.51. The minimum absolute atomic E-state index is 0.0695. The Morgan fingerprint density at radius 1 is 0.919 bits per heavy atom. The van der Waals surface area contributed by atoms with Crippen molar-refractivity contribution in [3.8, 4) is 22.5 Å². The SMILES string of the molecule is Cc1noc(-c2ccc(-c3ccc(C4(C(=O)O)CC4)cc3)cc2)c1CNC(=O)C(C)(C)c1ccccc1.